The maximum Gasteiger partial charge on any atom is 0.0835 e. The molecule has 21 heavy (non-hydrogen) atoms. The van der Waals surface area contributed by atoms with Crippen molar-refractivity contribution in [2.45, 2.75) is 72.1 Å². The molecule has 0 fully saturated rings. The lowest BCUT2D eigenvalue weighted by molar-refractivity contribution is 0.0251. The highest BCUT2D eigenvalue weighted by Crippen LogP contribution is 2.30. The van der Waals surface area contributed by atoms with E-state index in [1.807, 2.05) is 11.6 Å². The Hall–Kier alpha value is -0.580. The number of hydrogen-bond donors (Lipinski definition) is 1. The summed E-state index contributed by atoms with van der Waals surface area (Å²) < 4.78 is 8.00. The van der Waals surface area contributed by atoms with Gasteiger partial charge in [-0.1, -0.05) is 31.9 Å². The lowest BCUT2D eigenvalue weighted by Gasteiger charge is -2.29. The predicted octanol–water partition coefficient (Wildman–Crippen LogP) is 4.36. The standard InChI is InChI=1S/C16H30ClN3O/c1-6-9-14(21-8-3)15(18-10-7-2)16-13(17)11-19-20(16)12(4)5/h11-12,14-15,18H,6-10H2,1-5H3. The summed E-state index contributed by atoms with van der Waals surface area (Å²) in [7, 11) is 0. The normalized spacial score (nSPS) is 14.6. The monoisotopic (exact) mass is 315 g/mol. The molecule has 1 heterocycles. The van der Waals surface area contributed by atoms with Crippen LogP contribution >= 0.6 is 11.6 Å². The van der Waals surface area contributed by atoms with E-state index >= 15 is 0 Å². The van der Waals surface area contributed by atoms with E-state index in [9.17, 15) is 0 Å². The number of nitrogens with one attached hydrogen (secondary N) is 1. The second-order valence-corrected chi connectivity index (χ2v) is 6.04. The van der Waals surface area contributed by atoms with Gasteiger partial charge in [0.15, 0.2) is 0 Å². The Balaban J connectivity index is 3.13. The van der Waals surface area contributed by atoms with E-state index in [1.165, 1.54) is 0 Å². The smallest absolute Gasteiger partial charge is 0.0835 e. The van der Waals surface area contributed by atoms with Gasteiger partial charge in [0.2, 0.25) is 0 Å². The first kappa shape index (κ1) is 18.5. The lowest BCUT2D eigenvalue weighted by Crippen LogP contribution is -2.36. The molecule has 2 unspecified atom stereocenters. The second kappa shape index (κ2) is 9.44. The fraction of sp³-hybridized carbons (Fsp3) is 0.812. The molecule has 1 aromatic rings. The van der Waals surface area contributed by atoms with Crippen LogP contribution in [0.3, 0.4) is 0 Å². The second-order valence-electron chi connectivity index (χ2n) is 5.63. The van der Waals surface area contributed by atoms with Crippen molar-refractivity contribution in [3.63, 3.8) is 0 Å². The highest BCUT2D eigenvalue weighted by molar-refractivity contribution is 6.31. The van der Waals surface area contributed by atoms with Crippen molar-refractivity contribution < 1.29 is 4.74 Å². The van der Waals surface area contributed by atoms with Crippen molar-refractivity contribution in [3.8, 4) is 0 Å². The molecule has 2 atom stereocenters. The highest BCUT2D eigenvalue weighted by Gasteiger charge is 2.28. The van der Waals surface area contributed by atoms with Crippen LogP contribution in [0.15, 0.2) is 6.20 Å². The van der Waals surface area contributed by atoms with E-state index < -0.39 is 0 Å². The van der Waals surface area contributed by atoms with Gasteiger partial charge in [0, 0.05) is 12.6 Å². The molecule has 0 aliphatic carbocycles. The van der Waals surface area contributed by atoms with Crippen LogP contribution in [0.25, 0.3) is 0 Å². The Bertz CT molecular complexity index is 400. The van der Waals surface area contributed by atoms with Gasteiger partial charge in [0.05, 0.1) is 29.1 Å². The summed E-state index contributed by atoms with van der Waals surface area (Å²) in [5.74, 6) is 0. The van der Waals surface area contributed by atoms with E-state index in [0.717, 1.165) is 36.5 Å². The average Bonchev–Trinajstić information content (AvgIpc) is 2.82. The minimum absolute atomic E-state index is 0.0854. The molecule has 1 N–H and O–H groups in total. The van der Waals surface area contributed by atoms with Crippen LogP contribution in [0, 0.1) is 0 Å². The molecule has 0 spiro atoms. The van der Waals surface area contributed by atoms with Crippen LogP contribution in [-0.2, 0) is 4.74 Å². The molecule has 0 aliphatic heterocycles. The van der Waals surface area contributed by atoms with Gasteiger partial charge in [-0.05, 0) is 40.2 Å². The van der Waals surface area contributed by atoms with Crippen LogP contribution in [0.1, 0.15) is 71.7 Å². The van der Waals surface area contributed by atoms with Gasteiger partial charge in [-0.15, -0.1) is 0 Å². The highest BCUT2D eigenvalue weighted by atomic mass is 35.5. The first-order valence-corrected chi connectivity index (χ1v) is 8.52. The largest absolute Gasteiger partial charge is 0.376 e. The van der Waals surface area contributed by atoms with Crippen molar-refractivity contribution >= 4 is 11.6 Å². The average molecular weight is 316 g/mol. The number of rotatable bonds is 10. The summed E-state index contributed by atoms with van der Waals surface area (Å²) in [5, 5.41) is 8.76. The number of halogens is 1. The van der Waals surface area contributed by atoms with Gasteiger partial charge in [0.25, 0.3) is 0 Å². The fourth-order valence-electron chi connectivity index (χ4n) is 2.60. The number of hydrogen-bond acceptors (Lipinski definition) is 3. The first-order valence-electron chi connectivity index (χ1n) is 8.14. The molecule has 5 heteroatoms. The SMILES string of the molecule is CCCNC(c1c(Cl)cnn1C(C)C)C(CCC)OCC. The quantitative estimate of drug-likeness (QED) is 0.697. The van der Waals surface area contributed by atoms with Crippen LogP contribution in [0.5, 0.6) is 0 Å². The van der Waals surface area contributed by atoms with Crippen LogP contribution < -0.4 is 5.32 Å². The molecule has 0 aromatic carbocycles. The molecule has 0 aliphatic rings. The summed E-state index contributed by atoms with van der Waals surface area (Å²) in [5.41, 5.74) is 1.05. The zero-order valence-electron chi connectivity index (χ0n) is 14.0. The zero-order valence-corrected chi connectivity index (χ0v) is 14.8. The molecule has 0 bridgehead atoms. The Morgan fingerprint density at radius 3 is 2.52 bits per heavy atom. The summed E-state index contributed by atoms with van der Waals surface area (Å²) in [6, 6.07) is 0.365. The van der Waals surface area contributed by atoms with Gasteiger partial charge < -0.3 is 10.1 Å². The van der Waals surface area contributed by atoms with E-state index in [1.54, 1.807) is 6.20 Å². The van der Waals surface area contributed by atoms with Crippen LogP contribution in [0.4, 0.5) is 0 Å². The molecular weight excluding hydrogens is 286 g/mol. The number of aromatic nitrogens is 2. The summed E-state index contributed by atoms with van der Waals surface area (Å²) in [4.78, 5) is 0. The molecular formula is C16H30ClN3O. The van der Waals surface area contributed by atoms with E-state index in [0.29, 0.717) is 6.61 Å². The van der Waals surface area contributed by atoms with Gasteiger partial charge in [0.1, 0.15) is 0 Å². The van der Waals surface area contributed by atoms with Gasteiger partial charge in [-0.2, -0.15) is 5.10 Å². The summed E-state index contributed by atoms with van der Waals surface area (Å²) >= 11 is 6.43. The maximum absolute atomic E-state index is 6.43. The minimum Gasteiger partial charge on any atom is -0.376 e. The number of ether oxygens (including phenoxy) is 1. The number of nitrogens with zero attached hydrogens (tertiary/aromatic N) is 2. The van der Waals surface area contributed by atoms with Crippen LogP contribution in [0.2, 0.25) is 5.02 Å². The van der Waals surface area contributed by atoms with E-state index in [-0.39, 0.29) is 18.2 Å². The van der Waals surface area contributed by atoms with Crippen molar-refractivity contribution in [1.29, 1.82) is 0 Å². The van der Waals surface area contributed by atoms with Gasteiger partial charge >= 0.3 is 0 Å². The third kappa shape index (κ3) is 4.97. The first-order chi connectivity index (χ1) is 10.1. The molecule has 0 radical (unpaired) electrons. The molecule has 0 amide bonds. The Morgan fingerprint density at radius 2 is 2.00 bits per heavy atom. The third-order valence-corrected chi connectivity index (χ3v) is 3.80. The lowest BCUT2D eigenvalue weighted by atomic mass is 10.0. The Morgan fingerprint density at radius 1 is 1.29 bits per heavy atom. The maximum atomic E-state index is 6.43. The Labute approximate surface area is 134 Å². The van der Waals surface area contributed by atoms with E-state index in [4.69, 9.17) is 16.3 Å². The van der Waals surface area contributed by atoms with Gasteiger partial charge in [-0.3, -0.25) is 4.68 Å². The van der Waals surface area contributed by atoms with Gasteiger partial charge in [-0.25, -0.2) is 0 Å². The summed E-state index contributed by atoms with van der Waals surface area (Å²) in [6.07, 6.45) is 5.04. The van der Waals surface area contributed by atoms with E-state index in [2.05, 4.69) is 38.1 Å². The summed E-state index contributed by atoms with van der Waals surface area (Å²) in [6.45, 7) is 12.3. The topological polar surface area (TPSA) is 39.1 Å². The van der Waals surface area contributed by atoms with Crippen molar-refractivity contribution in [3.05, 3.63) is 16.9 Å². The predicted molar refractivity (Wildman–Crippen MR) is 89.0 cm³/mol. The van der Waals surface area contributed by atoms with Crippen LogP contribution in [-0.4, -0.2) is 29.0 Å². The molecule has 1 aromatic heterocycles. The molecule has 1 rings (SSSR count). The molecule has 122 valence electrons. The molecule has 0 saturated heterocycles. The van der Waals surface area contributed by atoms with Crippen molar-refractivity contribution in [2.24, 2.45) is 0 Å². The van der Waals surface area contributed by atoms with Crippen molar-refractivity contribution in [1.82, 2.24) is 15.1 Å². The molecule has 4 nitrogen and oxygen atoms in total. The third-order valence-electron chi connectivity index (χ3n) is 3.51. The minimum atomic E-state index is 0.0854. The molecule has 0 saturated carbocycles. The Kier molecular flexibility index (Phi) is 8.30. The zero-order chi connectivity index (χ0) is 15.8. The van der Waals surface area contributed by atoms with Crippen molar-refractivity contribution in [2.75, 3.05) is 13.2 Å². The fourth-order valence-corrected chi connectivity index (χ4v) is 2.85.